The number of alkyl halides is 1. The highest BCUT2D eigenvalue weighted by Gasteiger charge is 2.11. The highest BCUT2D eigenvalue weighted by molar-refractivity contribution is 9.10. The van der Waals surface area contributed by atoms with Gasteiger partial charge in [0.15, 0.2) is 0 Å². The Morgan fingerprint density at radius 1 is 1.53 bits per heavy atom. The molecule has 98 valence electrons. The fourth-order valence-electron chi connectivity index (χ4n) is 1.87. The average Bonchev–Trinajstić information content (AvgIpc) is 2.54. The molecule has 0 aliphatic rings. The van der Waals surface area contributed by atoms with Crippen LogP contribution in [-0.4, -0.2) is 22.2 Å². The van der Waals surface area contributed by atoms with Gasteiger partial charge < -0.3 is 5.32 Å². The molecule has 0 amide bonds. The molecule has 0 saturated carbocycles. The first-order valence-corrected chi connectivity index (χ1v) is 7.37. The molecule has 0 saturated heterocycles. The van der Waals surface area contributed by atoms with Crippen molar-refractivity contribution in [2.75, 3.05) is 12.4 Å². The average molecular weight is 323 g/mol. The molecule has 17 heavy (non-hydrogen) atoms. The van der Waals surface area contributed by atoms with Crippen LogP contribution in [0.4, 0.5) is 0 Å². The Morgan fingerprint density at radius 3 is 2.71 bits per heavy atom. The normalized spacial score (nSPS) is 13.0. The van der Waals surface area contributed by atoms with Gasteiger partial charge in [0.05, 0.1) is 15.9 Å². The molecule has 0 aliphatic carbocycles. The van der Waals surface area contributed by atoms with Gasteiger partial charge in [-0.2, -0.15) is 5.10 Å². The third kappa shape index (κ3) is 4.27. The molecule has 0 radical (unpaired) electrons. The number of nitrogens with zero attached hydrogens (tertiary/aromatic N) is 2. The lowest BCUT2D eigenvalue weighted by Gasteiger charge is -2.14. The van der Waals surface area contributed by atoms with Gasteiger partial charge in [-0.3, -0.25) is 4.68 Å². The van der Waals surface area contributed by atoms with E-state index < -0.39 is 0 Å². The van der Waals surface area contributed by atoms with E-state index in [1.165, 1.54) is 12.1 Å². The molecule has 0 aromatic carbocycles. The molecule has 3 nitrogen and oxygen atoms in total. The molecule has 1 aromatic rings. The maximum atomic E-state index is 5.78. The van der Waals surface area contributed by atoms with E-state index >= 15 is 0 Å². The van der Waals surface area contributed by atoms with Crippen LogP contribution in [0.5, 0.6) is 0 Å². The van der Waals surface area contributed by atoms with Crippen molar-refractivity contribution in [2.45, 2.75) is 33.2 Å². The second-order valence-electron chi connectivity index (χ2n) is 4.35. The van der Waals surface area contributed by atoms with Crippen LogP contribution in [0.15, 0.2) is 4.47 Å². The summed E-state index contributed by atoms with van der Waals surface area (Å²) in [6.45, 7) is 6.08. The maximum Gasteiger partial charge on any atom is 0.0739 e. The van der Waals surface area contributed by atoms with Gasteiger partial charge in [-0.25, -0.2) is 0 Å². The van der Waals surface area contributed by atoms with Crippen molar-refractivity contribution in [2.24, 2.45) is 13.0 Å². The summed E-state index contributed by atoms with van der Waals surface area (Å²) < 4.78 is 3.03. The standard InChI is InChI=1S/C12H21BrClN3/c1-4-10(5-6-14)7-15-8-11-12(13)9(2)16-17(11)3/h10,15H,4-8H2,1-3H3. The molecule has 0 aliphatic heterocycles. The number of nitrogens with one attached hydrogen (secondary N) is 1. The number of rotatable bonds is 7. The predicted molar refractivity (Wildman–Crippen MR) is 76.5 cm³/mol. The summed E-state index contributed by atoms with van der Waals surface area (Å²) in [5.41, 5.74) is 2.24. The Balaban J connectivity index is 2.45. The third-order valence-corrected chi connectivity index (χ3v) is 4.33. The van der Waals surface area contributed by atoms with Crippen LogP contribution in [0.3, 0.4) is 0 Å². The number of hydrogen-bond acceptors (Lipinski definition) is 2. The molecule has 1 aromatic heterocycles. The Labute approximate surface area is 117 Å². The van der Waals surface area contributed by atoms with Crippen LogP contribution in [0, 0.1) is 12.8 Å². The van der Waals surface area contributed by atoms with Crippen molar-refractivity contribution in [1.29, 1.82) is 0 Å². The largest absolute Gasteiger partial charge is 0.311 e. The van der Waals surface area contributed by atoms with Gasteiger partial charge in [0.1, 0.15) is 0 Å². The van der Waals surface area contributed by atoms with Crippen LogP contribution < -0.4 is 5.32 Å². The zero-order valence-corrected chi connectivity index (χ0v) is 13.1. The number of halogens is 2. The Hall–Kier alpha value is -0.0600. The molecular weight excluding hydrogens is 302 g/mol. The molecule has 1 atom stereocenters. The summed E-state index contributed by atoms with van der Waals surface area (Å²) >= 11 is 9.35. The van der Waals surface area contributed by atoms with Gasteiger partial charge in [-0.1, -0.05) is 13.3 Å². The first-order valence-electron chi connectivity index (χ1n) is 6.04. The second-order valence-corrected chi connectivity index (χ2v) is 5.52. The van der Waals surface area contributed by atoms with E-state index in [0.717, 1.165) is 35.6 Å². The van der Waals surface area contributed by atoms with Gasteiger partial charge >= 0.3 is 0 Å². The summed E-state index contributed by atoms with van der Waals surface area (Å²) in [6, 6.07) is 0. The molecule has 1 rings (SSSR count). The minimum atomic E-state index is 0.667. The molecule has 1 unspecified atom stereocenters. The molecular formula is C12H21BrClN3. The first-order chi connectivity index (χ1) is 8.10. The lowest BCUT2D eigenvalue weighted by Crippen LogP contribution is -2.23. The van der Waals surface area contributed by atoms with Gasteiger partial charge in [0, 0.05) is 19.5 Å². The summed E-state index contributed by atoms with van der Waals surface area (Å²) in [6.07, 6.45) is 2.25. The van der Waals surface area contributed by atoms with Crippen LogP contribution >= 0.6 is 27.5 Å². The maximum absolute atomic E-state index is 5.78. The molecule has 1 N–H and O–H groups in total. The predicted octanol–water partition coefficient (Wildman–Crippen LogP) is 3.24. The lowest BCUT2D eigenvalue weighted by molar-refractivity contribution is 0.446. The smallest absolute Gasteiger partial charge is 0.0739 e. The van der Waals surface area contributed by atoms with Gasteiger partial charge in [-0.15, -0.1) is 11.6 Å². The Bertz CT molecular complexity index is 352. The van der Waals surface area contributed by atoms with E-state index in [4.69, 9.17) is 11.6 Å². The second kappa shape index (κ2) is 7.39. The third-order valence-electron chi connectivity index (χ3n) is 3.08. The van der Waals surface area contributed by atoms with E-state index in [1.54, 1.807) is 0 Å². The quantitative estimate of drug-likeness (QED) is 0.781. The highest BCUT2D eigenvalue weighted by atomic mass is 79.9. The lowest BCUT2D eigenvalue weighted by atomic mass is 10.0. The minimum Gasteiger partial charge on any atom is -0.311 e. The topological polar surface area (TPSA) is 29.9 Å². The van der Waals surface area contributed by atoms with Crippen molar-refractivity contribution >= 4 is 27.5 Å². The van der Waals surface area contributed by atoms with Crippen molar-refractivity contribution in [3.05, 3.63) is 15.9 Å². The summed E-state index contributed by atoms with van der Waals surface area (Å²) in [7, 11) is 1.98. The van der Waals surface area contributed by atoms with Gasteiger partial charge in [-0.05, 0) is 41.7 Å². The fraction of sp³-hybridized carbons (Fsp3) is 0.750. The van der Waals surface area contributed by atoms with E-state index in [9.17, 15) is 0 Å². The van der Waals surface area contributed by atoms with Crippen LogP contribution in [-0.2, 0) is 13.6 Å². The van der Waals surface area contributed by atoms with E-state index in [0.29, 0.717) is 5.92 Å². The SMILES string of the molecule is CCC(CCCl)CNCc1c(Br)c(C)nn1C. The number of aryl methyl sites for hydroxylation is 2. The molecule has 0 spiro atoms. The van der Waals surface area contributed by atoms with Crippen molar-refractivity contribution in [1.82, 2.24) is 15.1 Å². The monoisotopic (exact) mass is 321 g/mol. The molecule has 1 heterocycles. The van der Waals surface area contributed by atoms with Crippen molar-refractivity contribution < 1.29 is 0 Å². The Kier molecular flexibility index (Phi) is 6.52. The van der Waals surface area contributed by atoms with E-state index in [1.807, 2.05) is 18.7 Å². The summed E-state index contributed by atoms with van der Waals surface area (Å²) in [5.74, 6) is 1.41. The van der Waals surface area contributed by atoms with E-state index in [2.05, 4.69) is 33.3 Å². The molecule has 5 heteroatoms. The summed E-state index contributed by atoms with van der Waals surface area (Å²) in [4.78, 5) is 0. The zero-order valence-electron chi connectivity index (χ0n) is 10.8. The first kappa shape index (κ1) is 15.0. The minimum absolute atomic E-state index is 0.667. The number of aromatic nitrogens is 2. The fourth-order valence-corrected chi connectivity index (χ4v) is 2.66. The highest BCUT2D eigenvalue weighted by Crippen LogP contribution is 2.20. The summed E-state index contributed by atoms with van der Waals surface area (Å²) in [5, 5.41) is 7.86. The van der Waals surface area contributed by atoms with Crippen molar-refractivity contribution in [3.8, 4) is 0 Å². The van der Waals surface area contributed by atoms with E-state index in [-0.39, 0.29) is 0 Å². The molecule has 0 bridgehead atoms. The molecule has 0 fully saturated rings. The number of hydrogen-bond donors (Lipinski definition) is 1. The van der Waals surface area contributed by atoms with Gasteiger partial charge in [0.2, 0.25) is 0 Å². The van der Waals surface area contributed by atoms with Gasteiger partial charge in [0.25, 0.3) is 0 Å². The Morgan fingerprint density at radius 2 is 2.24 bits per heavy atom. The zero-order chi connectivity index (χ0) is 12.8. The van der Waals surface area contributed by atoms with Crippen LogP contribution in [0.2, 0.25) is 0 Å². The van der Waals surface area contributed by atoms with Crippen LogP contribution in [0.1, 0.15) is 31.2 Å². The van der Waals surface area contributed by atoms with Crippen LogP contribution in [0.25, 0.3) is 0 Å². The van der Waals surface area contributed by atoms with Crippen molar-refractivity contribution in [3.63, 3.8) is 0 Å².